The Morgan fingerprint density at radius 1 is 1.00 bits per heavy atom. The van der Waals surface area contributed by atoms with Crippen LogP contribution in [0, 0.1) is 13.8 Å². The zero-order valence-electron chi connectivity index (χ0n) is 13.8. The van der Waals surface area contributed by atoms with Gasteiger partial charge in [0.1, 0.15) is 5.75 Å². The summed E-state index contributed by atoms with van der Waals surface area (Å²) in [5, 5.41) is 2.85. The van der Waals surface area contributed by atoms with Crippen LogP contribution in [0.2, 0.25) is 0 Å². The molecule has 1 amide bonds. The van der Waals surface area contributed by atoms with E-state index in [4.69, 9.17) is 4.74 Å². The number of benzene rings is 2. The predicted octanol–water partition coefficient (Wildman–Crippen LogP) is 4.90. The van der Waals surface area contributed by atoms with Crippen molar-refractivity contribution in [1.29, 1.82) is 0 Å². The van der Waals surface area contributed by atoms with Gasteiger partial charge in [0.15, 0.2) is 0 Å². The summed E-state index contributed by atoms with van der Waals surface area (Å²) in [5.41, 5.74) is 2.94. The molecule has 6 heteroatoms. The molecule has 2 aromatic carbocycles. The molecule has 126 valence electrons. The van der Waals surface area contributed by atoms with Gasteiger partial charge in [0.2, 0.25) is 0 Å². The van der Waals surface area contributed by atoms with Crippen LogP contribution in [0.25, 0.3) is 0 Å². The first kappa shape index (κ1) is 17.1. The summed E-state index contributed by atoms with van der Waals surface area (Å²) in [6.45, 7) is 3.78. The molecule has 0 bridgehead atoms. The molecule has 0 fully saturated rings. The first-order valence-corrected chi connectivity index (χ1v) is 8.46. The Kier molecular flexibility index (Phi) is 5.09. The van der Waals surface area contributed by atoms with E-state index in [2.05, 4.69) is 31.2 Å². The van der Waals surface area contributed by atoms with E-state index in [0.717, 1.165) is 15.9 Å². The van der Waals surface area contributed by atoms with Gasteiger partial charge in [-0.25, -0.2) is 9.97 Å². The zero-order chi connectivity index (χ0) is 17.8. The highest BCUT2D eigenvalue weighted by molar-refractivity contribution is 9.10. The number of hydrogen-bond donors (Lipinski definition) is 1. The number of aryl methyl sites for hydroxylation is 2. The number of nitrogens with one attached hydrogen (secondary N) is 1. The van der Waals surface area contributed by atoms with Crippen LogP contribution in [0.1, 0.15) is 21.7 Å². The van der Waals surface area contributed by atoms with Gasteiger partial charge in [0.25, 0.3) is 5.91 Å². The lowest BCUT2D eigenvalue weighted by atomic mass is 10.2. The van der Waals surface area contributed by atoms with Crippen molar-refractivity contribution in [2.45, 2.75) is 13.8 Å². The van der Waals surface area contributed by atoms with Crippen molar-refractivity contribution >= 4 is 27.5 Å². The Morgan fingerprint density at radius 2 is 1.64 bits per heavy atom. The smallest absolute Gasteiger partial charge is 0.322 e. The lowest BCUT2D eigenvalue weighted by Crippen LogP contribution is -2.12. The standard InChI is InChI=1S/C19H16BrN3O2/c1-12-11-13(2)22-19(21-12)25-15-9-7-14(8-10-15)23-18(24)16-5-3-4-6-17(16)20/h3-11H,1-2H3,(H,23,24). The SMILES string of the molecule is Cc1cc(C)nc(Oc2ccc(NC(=O)c3ccccc3Br)cc2)n1. The Balaban J connectivity index is 1.70. The van der Waals surface area contributed by atoms with Crippen molar-refractivity contribution < 1.29 is 9.53 Å². The van der Waals surface area contributed by atoms with Crippen LogP contribution in [0.3, 0.4) is 0 Å². The number of rotatable bonds is 4. The van der Waals surface area contributed by atoms with Crippen molar-refractivity contribution in [3.05, 3.63) is 76.0 Å². The van der Waals surface area contributed by atoms with Gasteiger partial charge in [0.05, 0.1) is 5.56 Å². The normalized spacial score (nSPS) is 10.4. The summed E-state index contributed by atoms with van der Waals surface area (Å²) in [7, 11) is 0. The maximum Gasteiger partial charge on any atom is 0.322 e. The molecule has 5 nitrogen and oxygen atoms in total. The molecule has 0 aliphatic rings. The Labute approximate surface area is 154 Å². The monoisotopic (exact) mass is 397 g/mol. The minimum Gasteiger partial charge on any atom is -0.424 e. The lowest BCUT2D eigenvalue weighted by molar-refractivity contribution is 0.102. The van der Waals surface area contributed by atoms with Crippen LogP contribution in [-0.4, -0.2) is 15.9 Å². The summed E-state index contributed by atoms with van der Waals surface area (Å²) in [6, 6.07) is 16.5. The number of aromatic nitrogens is 2. The van der Waals surface area contributed by atoms with Gasteiger partial charge in [-0.05, 0) is 72.2 Å². The molecule has 0 unspecified atom stereocenters. The van der Waals surface area contributed by atoms with E-state index in [1.807, 2.05) is 38.1 Å². The molecule has 3 rings (SSSR count). The van der Waals surface area contributed by atoms with Gasteiger partial charge < -0.3 is 10.1 Å². The lowest BCUT2D eigenvalue weighted by Gasteiger charge is -2.09. The van der Waals surface area contributed by atoms with Crippen LogP contribution in [-0.2, 0) is 0 Å². The van der Waals surface area contributed by atoms with E-state index in [1.54, 1.807) is 30.3 Å². The highest BCUT2D eigenvalue weighted by Crippen LogP contribution is 2.22. The van der Waals surface area contributed by atoms with E-state index >= 15 is 0 Å². The Morgan fingerprint density at radius 3 is 2.28 bits per heavy atom. The molecule has 0 atom stereocenters. The van der Waals surface area contributed by atoms with Gasteiger partial charge >= 0.3 is 6.01 Å². The third-order valence-electron chi connectivity index (χ3n) is 3.40. The van der Waals surface area contributed by atoms with Crippen LogP contribution >= 0.6 is 15.9 Å². The average molecular weight is 398 g/mol. The number of ether oxygens (including phenoxy) is 1. The minimum absolute atomic E-state index is 0.182. The molecule has 0 saturated carbocycles. The van der Waals surface area contributed by atoms with E-state index in [1.165, 1.54) is 0 Å². The van der Waals surface area contributed by atoms with E-state index in [-0.39, 0.29) is 5.91 Å². The molecule has 3 aromatic rings. The van der Waals surface area contributed by atoms with E-state index in [0.29, 0.717) is 23.0 Å². The fourth-order valence-corrected chi connectivity index (χ4v) is 2.76. The maximum absolute atomic E-state index is 12.3. The molecule has 25 heavy (non-hydrogen) atoms. The number of carbonyl (C=O) groups is 1. The summed E-state index contributed by atoms with van der Waals surface area (Å²) >= 11 is 3.38. The van der Waals surface area contributed by atoms with Crippen LogP contribution in [0.5, 0.6) is 11.8 Å². The molecule has 1 heterocycles. The number of halogens is 1. The first-order valence-electron chi connectivity index (χ1n) is 7.67. The second-order valence-electron chi connectivity index (χ2n) is 5.49. The molecule has 0 aliphatic carbocycles. The maximum atomic E-state index is 12.3. The van der Waals surface area contributed by atoms with E-state index < -0.39 is 0 Å². The second kappa shape index (κ2) is 7.44. The van der Waals surface area contributed by atoms with Gasteiger partial charge in [-0.15, -0.1) is 0 Å². The quantitative estimate of drug-likeness (QED) is 0.679. The van der Waals surface area contributed by atoms with Gasteiger partial charge in [0, 0.05) is 21.5 Å². The number of amides is 1. The number of nitrogens with zero attached hydrogens (tertiary/aromatic N) is 2. The zero-order valence-corrected chi connectivity index (χ0v) is 15.4. The molecule has 0 spiro atoms. The Hall–Kier alpha value is -2.73. The number of hydrogen-bond acceptors (Lipinski definition) is 4. The molecule has 0 saturated heterocycles. The highest BCUT2D eigenvalue weighted by atomic mass is 79.9. The van der Waals surface area contributed by atoms with Gasteiger partial charge in [-0.1, -0.05) is 12.1 Å². The summed E-state index contributed by atoms with van der Waals surface area (Å²) in [5.74, 6) is 0.419. The topological polar surface area (TPSA) is 64.1 Å². The van der Waals surface area contributed by atoms with Crippen LogP contribution < -0.4 is 10.1 Å². The molecular weight excluding hydrogens is 382 g/mol. The number of carbonyl (C=O) groups excluding carboxylic acids is 1. The summed E-state index contributed by atoms with van der Waals surface area (Å²) in [4.78, 5) is 20.8. The van der Waals surface area contributed by atoms with Crippen molar-refractivity contribution in [2.75, 3.05) is 5.32 Å². The third kappa shape index (κ3) is 4.42. The fraction of sp³-hybridized carbons (Fsp3) is 0.105. The van der Waals surface area contributed by atoms with Crippen molar-refractivity contribution in [3.63, 3.8) is 0 Å². The predicted molar refractivity (Wildman–Crippen MR) is 100 cm³/mol. The number of anilines is 1. The summed E-state index contributed by atoms with van der Waals surface area (Å²) < 4.78 is 6.41. The van der Waals surface area contributed by atoms with Crippen molar-refractivity contribution in [3.8, 4) is 11.8 Å². The van der Waals surface area contributed by atoms with Crippen molar-refractivity contribution in [2.24, 2.45) is 0 Å². The summed E-state index contributed by atoms with van der Waals surface area (Å²) in [6.07, 6.45) is 0. The largest absolute Gasteiger partial charge is 0.424 e. The molecule has 1 aromatic heterocycles. The van der Waals surface area contributed by atoms with Crippen molar-refractivity contribution in [1.82, 2.24) is 9.97 Å². The Bertz CT molecular complexity index is 891. The molecule has 1 N–H and O–H groups in total. The molecular formula is C19H16BrN3O2. The van der Waals surface area contributed by atoms with Gasteiger partial charge in [-0.2, -0.15) is 0 Å². The fourth-order valence-electron chi connectivity index (χ4n) is 2.29. The van der Waals surface area contributed by atoms with Gasteiger partial charge in [-0.3, -0.25) is 4.79 Å². The first-order chi connectivity index (χ1) is 12.0. The average Bonchev–Trinajstić information content (AvgIpc) is 2.56. The minimum atomic E-state index is -0.182. The molecule has 0 radical (unpaired) electrons. The highest BCUT2D eigenvalue weighted by Gasteiger charge is 2.09. The third-order valence-corrected chi connectivity index (χ3v) is 4.09. The second-order valence-corrected chi connectivity index (χ2v) is 6.35. The van der Waals surface area contributed by atoms with Crippen LogP contribution in [0.4, 0.5) is 5.69 Å². The molecule has 0 aliphatic heterocycles. The van der Waals surface area contributed by atoms with E-state index in [9.17, 15) is 4.79 Å². The van der Waals surface area contributed by atoms with Crippen LogP contribution in [0.15, 0.2) is 59.1 Å².